The number of primary amides is 1. The molecule has 4 aromatic rings. The van der Waals surface area contributed by atoms with Crippen LogP contribution < -0.4 is 15.8 Å². The van der Waals surface area contributed by atoms with Gasteiger partial charge in [0.25, 0.3) is 18.2 Å². The highest BCUT2D eigenvalue weighted by Crippen LogP contribution is 2.38. The summed E-state index contributed by atoms with van der Waals surface area (Å²) in [5.41, 5.74) is 5.67. The van der Waals surface area contributed by atoms with Gasteiger partial charge in [0.2, 0.25) is 0 Å². The molecule has 164 valence electrons. The number of carbonyl (C=O) groups is 2. The maximum Gasteiger partial charge on any atom is 0.280 e. The maximum atomic E-state index is 13.1. The molecule has 0 saturated heterocycles. The summed E-state index contributed by atoms with van der Waals surface area (Å²) in [4.78, 5) is 28.8. The first-order chi connectivity index (χ1) is 15.3. The van der Waals surface area contributed by atoms with Crippen molar-refractivity contribution in [2.24, 2.45) is 5.73 Å². The van der Waals surface area contributed by atoms with E-state index in [1.165, 1.54) is 16.8 Å². The topological polar surface area (TPSA) is 112 Å². The van der Waals surface area contributed by atoms with Gasteiger partial charge in [-0.3, -0.25) is 9.59 Å². The number of alkyl halides is 2. The Hall–Kier alpha value is -3.86. The van der Waals surface area contributed by atoms with Gasteiger partial charge in [-0.1, -0.05) is 18.2 Å². The number of hydrogen-bond donors (Lipinski definition) is 2. The number of rotatable bonds is 7. The van der Waals surface area contributed by atoms with Crippen molar-refractivity contribution in [1.29, 1.82) is 0 Å². The third kappa shape index (κ3) is 4.28. The Morgan fingerprint density at radius 1 is 1.25 bits per heavy atom. The number of pyridine rings is 1. The van der Waals surface area contributed by atoms with Gasteiger partial charge in [-0.25, -0.2) is 18.4 Å². The van der Waals surface area contributed by atoms with Crippen LogP contribution in [0.5, 0.6) is 5.75 Å². The predicted octanol–water partition coefficient (Wildman–Crippen LogP) is 4.13. The van der Waals surface area contributed by atoms with Crippen LogP contribution in [0.4, 0.5) is 14.5 Å². The van der Waals surface area contributed by atoms with E-state index in [0.717, 1.165) is 11.3 Å². The van der Waals surface area contributed by atoms with Crippen molar-refractivity contribution in [3.8, 4) is 5.75 Å². The number of para-hydroxylation sites is 1. The Labute approximate surface area is 184 Å². The summed E-state index contributed by atoms with van der Waals surface area (Å²) >= 11 is 0.847. The van der Waals surface area contributed by atoms with Crippen molar-refractivity contribution in [1.82, 2.24) is 14.8 Å². The van der Waals surface area contributed by atoms with Gasteiger partial charge >= 0.3 is 0 Å². The molecule has 0 aliphatic rings. The number of halogens is 2. The Morgan fingerprint density at radius 2 is 2.00 bits per heavy atom. The number of fused-ring (bicyclic) bond motifs is 1. The summed E-state index contributed by atoms with van der Waals surface area (Å²) in [6.07, 6.45) is -1.20. The van der Waals surface area contributed by atoms with E-state index in [0.29, 0.717) is 16.7 Å². The summed E-state index contributed by atoms with van der Waals surface area (Å²) in [7, 11) is 0. The number of amides is 2. The monoisotopic (exact) mass is 457 g/mol. The fraction of sp³-hybridized carbons (Fsp3) is 0.143. The number of nitrogens with one attached hydrogen (secondary N) is 1. The van der Waals surface area contributed by atoms with Gasteiger partial charge in [0.05, 0.1) is 5.69 Å². The molecule has 2 amide bonds. The highest BCUT2D eigenvalue weighted by atomic mass is 32.1. The van der Waals surface area contributed by atoms with E-state index < -0.39 is 23.9 Å². The van der Waals surface area contributed by atoms with E-state index in [4.69, 9.17) is 10.5 Å². The van der Waals surface area contributed by atoms with E-state index in [9.17, 15) is 18.4 Å². The maximum absolute atomic E-state index is 13.1. The molecule has 0 saturated carbocycles. The lowest BCUT2D eigenvalue weighted by molar-refractivity contribution is 0.100. The third-order valence-electron chi connectivity index (χ3n) is 4.54. The first-order valence-corrected chi connectivity index (χ1v) is 10.2. The number of nitrogens with two attached hydrogens (primary N) is 1. The van der Waals surface area contributed by atoms with Gasteiger partial charge in [0.1, 0.15) is 21.2 Å². The molecular formula is C21H17F2N5O3S. The largest absolute Gasteiger partial charge is 0.471 e. The molecule has 0 spiro atoms. The lowest BCUT2D eigenvalue weighted by atomic mass is 10.1. The van der Waals surface area contributed by atoms with Crippen LogP contribution in [-0.2, 0) is 6.73 Å². The van der Waals surface area contributed by atoms with Crippen LogP contribution in [0.2, 0.25) is 0 Å². The molecule has 3 heterocycles. The second-order valence-electron chi connectivity index (χ2n) is 6.80. The Balaban J connectivity index is 1.59. The minimum Gasteiger partial charge on any atom is -0.471 e. The average Bonchev–Trinajstić information content (AvgIpc) is 3.38. The van der Waals surface area contributed by atoms with Gasteiger partial charge in [-0.15, -0.1) is 11.3 Å². The molecule has 0 unspecified atom stereocenters. The van der Waals surface area contributed by atoms with Crippen molar-refractivity contribution >= 4 is 39.1 Å². The number of anilines is 1. The van der Waals surface area contributed by atoms with Crippen LogP contribution in [0, 0.1) is 6.92 Å². The fourth-order valence-corrected chi connectivity index (χ4v) is 4.17. The molecule has 4 rings (SSSR count). The van der Waals surface area contributed by atoms with Gasteiger partial charge < -0.3 is 15.8 Å². The van der Waals surface area contributed by atoms with Crippen molar-refractivity contribution < 1.29 is 23.1 Å². The quantitative estimate of drug-likeness (QED) is 0.433. The normalized spacial score (nSPS) is 11.1. The molecule has 32 heavy (non-hydrogen) atoms. The lowest BCUT2D eigenvalue weighted by Gasteiger charge is -2.07. The van der Waals surface area contributed by atoms with Crippen LogP contribution in [0.3, 0.4) is 0 Å². The first kappa shape index (κ1) is 21.4. The molecule has 3 aromatic heterocycles. The second-order valence-corrected chi connectivity index (χ2v) is 7.80. The summed E-state index contributed by atoms with van der Waals surface area (Å²) < 4.78 is 33.2. The number of aromatic nitrogens is 3. The summed E-state index contributed by atoms with van der Waals surface area (Å²) in [6.45, 7) is 1.68. The molecule has 1 aromatic carbocycles. The van der Waals surface area contributed by atoms with Gasteiger partial charge in [-0.05, 0) is 36.8 Å². The van der Waals surface area contributed by atoms with Gasteiger partial charge in [0.15, 0.2) is 12.4 Å². The molecule has 0 bridgehead atoms. The van der Waals surface area contributed by atoms with E-state index in [1.54, 1.807) is 25.3 Å². The zero-order valence-corrected chi connectivity index (χ0v) is 17.5. The van der Waals surface area contributed by atoms with Crippen molar-refractivity contribution in [2.75, 3.05) is 5.32 Å². The summed E-state index contributed by atoms with van der Waals surface area (Å²) in [5.74, 6) is -0.748. The minimum absolute atomic E-state index is 0.0159. The number of ether oxygens (including phenoxy) is 1. The molecule has 0 fully saturated rings. The fourth-order valence-electron chi connectivity index (χ4n) is 3.10. The van der Waals surface area contributed by atoms with Crippen LogP contribution in [0.25, 0.3) is 10.2 Å². The van der Waals surface area contributed by atoms with Crippen LogP contribution in [0.1, 0.15) is 37.8 Å². The molecule has 8 nitrogen and oxygen atoms in total. The van der Waals surface area contributed by atoms with Gasteiger partial charge in [-0.2, -0.15) is 5.10 Å². The van der Waals surface area contributed by atoms with Crippen molar-refractivity contribution in [2.45, 2.75) is 20.1 Å². The summed E-state index contributed by atoms with van der Waals surface area (Å²) in [6, 6.07) is 11.8. The Morgan fingerprint density at radius 3 is 2.69 bits per heavy atom. The minimum atomic E-state index is -2.77. The Bertz CT molecular complexity index is 1300. The number of hydrogen-bond acceptors (Lipinski definition) is 6. The summed E-state index contributed by atoms with van der Waals surface area (Å²) in [5, 5.41) is 7.19. The smallest absolute Gasteiger partial charge is 0.280 e. The van der Waals surface area contributed by atoms with Crippen LogP contribution >= 0.6 is 11.3 Å². The molecule has 0 radical (unpaired) electrons. The Kier molecular flexibility index (Phi) is 5.82. The van der Waals surface area contributed by atoms with E-state index in [1.807, 2.05) is 18.2 Å². The number of aryl methyl sites for hydroxylation is 1. The molecular weight excluding hydrogens is 440 g/mol. The highest BCUT2D eigenvalue weighted by molar-refractivity contribution is 7.21. The molecule has 11 heteroatoms. The number of benzene rings is 1. The van der Waals surface area contributed by atoms with Gasteiger partial charge in [0, 0.05) is 11.6 Å². The SMILES string of the molecule is Cc1cc(C(F)F)nc2sc(C(N)=O)c(NC(=O)c3ccn(COc4ccccc4)n3)c12. The first-order valence-electron chi connectivity index (χ1n) is 9.38. The predicted molar refractivity (Wildman–Crippen MR) is 115 cm³/mol. The molecule has 0 aliphatic carbocycles. The molecule has 0 atom stereocenters. The number of thiophene rings is 1. The van der Waals surface area contributed by atoms with E-state index >= 15 is 0 Å². The van der Waals surface area contributed by atoms with Crippen LogP contribution in [0.15, 0.2) is 48.7 Å². The molecule has 0 aliphatic heterocycles. The van der Waals surface area contributed by atoms with Crippen molar-refractivity contribution in [3.63, 3.8) is 0 Å². The standard InChI is InChI=1S/C21H17F2N5O3S/c1-11-9-14(18(22)23)25-21-15(11)16(17(32-21)19(24)29)26-20(30)13-7-8-28(27-13)10-31-12-5-3-2-4-6-12/h2-9,18H,10H2,1H3,(H2,24,29)(H,26,30). The van der Waals surface area contributed by atoms with Crippen molar-refractivity contribution in [3.05, 3.63) is 70.5 Å². The number of nitrogens with zero attached hydrogens (tertiary/aromatic N) is 3. The van der Waals surface area contributed by atoms with E-state index in [-0.39, 0.29) is 27.8 Å². The zero-order chi connectivity index (χ0) is 22.8. The molecule has 3 N–H and O–H groups in total. The second kappa shape index (κ2) is 8.71. The lowest BCUT2D eigenvalue weighted by Crippen LogP contribution is -2.17. The van der Waals surface area contributed by atoms with E-state index in [2.05, 4.69) is 15.4 Å². The average molecular weight is 457 g/mol. The number of carbonyl (C=O) groups excluding carboxylic acids is 2. The zero-order valence-electron chi connectivity index (χ0n) is 16.7. The third-order valence-corrected chi connectivity index (χ3v) is 5.64. The highest BCUT2D eigenvalue weighted by Gasteiger charge is 2.24. The van der Waals surface area contributed by atoms with Crippen LogP contribution in [-0.4, -0.2) is 26.6 Å².